The lowest BCUT2D eigenvalue weighted by atomic mass is 10.1. The van der Waals surface area contributed by atoms with Gasteiger partial charge in [0.05, 0.1) is 17.4 Å². The van der Waals surface area contributed by atoms with Crippen LogP contribution in [0.4, 0.5) is 8.78 Å². The Kier molecular flexibility index (Phi) is 6.26. The number of halogens is 2. The molecule has 0 amide bonds. The van der Waals surface area contributed by atoms with Gasteiger partial charge in [0.2, 0.25) is 0 Å². The van der Waals surface area contributed by atoms with Gasteiger partial charge < -0.3 is 10.6 Å². The number of aromatic nitrogens is 2. The molecule has 1 atom stereocenters. The fourth-order valence-corrected chi connectivity index (χ4v) is 3.25. The van der Waals surface area contributed by atoms with Crippen LogP contribution in [0, 0.1) is 25.5 Å². The van der Waals surface area contributed by atoms with Gasteiger partial charge in [0, 0.05) is 30.9 Å². The van der Waals surface area contributed by atoms with Gasteiger partial charge in [-0.05, 0) is 44.5 Å². The van der Waals surface area contributed by atoms with Crippen molar-refractivity contribution in [1.29, 1.82) is 0 Å². The zero-order chi connectivity index (χ0) is 21.0. The summed E-state index contributed by atoms with van der Waals surface area (Å²) in [5.74, 6) is -0.665. The van der Waals surface area contributed by atoms with Gasteiger partial charge in [-0.3, -0.25) is 4.99 Å². The fraction of sp³-hybridized carbons (Fsp3) is 0.273. The third-order valence-corrected chi connectivity index (χ3v) is 4.68. The Morgan fingerprint density at radius 2 is 1.90 bits per heavy atom. The highest BCUT2D eigenvalue weighted by molar-refractivity contribution is 5.80. The first-order valence-electron chi connectivity index (χ1n) is 9.42. The SMILES string of the molecule is CN=C(NCc1ccccc1-n1nc(C)cc1C)NC(C)c1ccc(F)cc1F. The van der Waals surface area contributed by atoms with Crippen LogP contribution in [0.5, 0.6) is 0 Å². The van der Waals surface area contributed by atoms with E-state index in [-0.39, 0.29) is 6.04 Å². The minimum Gasteiger partial charge on any atom is -0.352 e. The molecule has 0 aliphatic rings. The second-order valence-electron chi connectivity index (χ2n) is 6.93. The molecule has 0 fully saturated rings. The minimum absolute atomic E-state index is 0.373. The van der Waals surface area contributed by atoms with Crippen molar-refractivity contribution >= 4 is 5.96 Å². The van der Waals surface area contributed by atoms with E-state index in [1.54, 1.807) is 14.0 Å². The number of guanidine groups is 1. The van der Waals surface area contributed by atoms with Gasteiger partial charge in [0.25, 0.3) is 0 Å². The summed E-state index contributed by atoms with van der Waals surface area (Å²) in [6.07, 6.45) is 0. The molecule has 2 N–H and O–H groups in total. The molecular formula is C22H25F2N5. The average molecular weight is 397 g/mol. The Morgan fingerprint density at radius 1 is 1.14 bits per heavy atom. The third-order valence-electron chi connectivity index (χ3n) is 4.68. The van der Waals surface area contributed by atoms with Crippen LogP contribution in [0.2, 0.25) is 0 Å². The number of aryl methyl sites for hydroxylation is 2. The molecule has 3 aromatic rings. The van der Waals surface area contributed by atoms with Crippen molar-refractivity contribution in [1.82, 2.24) is 20.4 Å². The lowest BCUT2D eigenvalue weighted by Gasteiger charge is -2.19. The molecule has 0 bridgehead atoms. The molecule has 1 unspecified atom stereocenters. The summed E-state index contributed by atoms with van der Waals surface area (Å²) in [7, 11) is 1.65. The first-order chi connectivity index (χ1) is 13.9. The van der Waals surface area contributed by atoms with Gasteiger partial charge in [0.1, 0.15) is 11.6 Å². The van der Waals surface area contributed by atoms with Crippen molar-refractivity contribution in [3.8, 4) is 5.69 Å². The van der Waals surface area contributed by atoms with E-state index in [4.69, 9.17) is 0 Å². The maximum atomic E-state index is 14.0. The number of nitrogens with one attached hydrogen (secondary N) is 2. The van der Waals surface area contributed by atoms with Gasteiger partial charge in [-0.2, -0.15) is 5.10 Å². The summed E-state index contributed by atoms with van der Waals surface area (Å²) in [6, 6.07) is 13.2. The van der Waals surface area contributed by atoms with Crippen molar-refractivity contribution < 1.29 is 8.78 Å². The third kappa shape index (κ3) is 4.80. The minimum atomic E-state index is -0.596. The van der Waals surface area contributed by atoms with E-state index in [2.05, 4.69) is 20.7 Å². The lowest BCUT2D eigenvalue weighted by molar-refractivity contribution is 0.550. The molecule has 0 radical (unpaired) electrons. The Labute approximate surface area is 169 Å². The predicted molar refractivity (Wildman–Crippen MR) is 111 cm³/mol. The highest BCUT2D eigenvalue weighted by Crippen LogP contribution is 2.19. The van der Waals surface area contributed by atoms with E-state index in [0.717, 1.165) is 28.7 Å². The second kappa shape index (κ2) is 8.86. The molecular weight excluding hydrogens is 372 g/mol. The Morgan fingerprint density at radius 3 is 2.55 bits per heavy atom. The van der Waals surface area contributed by atoms with Crippen molar-refractivity contribution in [3.63, 3.8) is 0 Å². The molecule has 0 aliphatic heterocycles. The van der Waals surface area contributed by atoms with Crippen LogP contribution < -0.4 is 10.6 Å². The normalized spacial score (nSPS) is 12.7. The van der Waals surface area contributed by atoms with E-state index >= 15 is 0 Å². The number of rotatable bonds is 5. The van der Waals surface area contributed by atoms with Crippen molar-refractivity contribution in [2.75, 3.05) is 7.05 Å². The maximum Gasteiger partial charge on any atom is 0.191 e. The van der Waals surface area contributed by atoms with Crippen LogP contribution in [0.1, 0.15) is 35.5 Å². The van der Waals surface area contributed by atoms with Gasteiger partial charge in [-0.25, -0.2) is 13.5 Å². The van der Waals surface area contributed by atoms with Crippen molar-refractivity contribution in [2.45, 2.75) is 33.4 Å². The Hall–Kier alpha value is -3.22. The smallest absolute Gasteiger partial charge is 0.191 e. The zero-order valence-electron chi connectivity index (χ0n) is 17.0. The number of para-hydroxylation sites is 1. The van der Waals surface area contributed by atoms with Crippen molar-refractivity contribution in [2.24, 2.45) is 4.99 Å². The predicted octanol–water partition coefficient (Wildman–Crippen LogP) is 4.19. The van der Waals surface area contributed by atoms with Crippen LogP contribution >= 0.6 is 0 Å². The van der Waals surface area contributed by atoms with Gasteiger partial charge in [-0.1, -0.05) is 24.3 Å². The van der Waals surface area contributed by atoms with Crippen LogP contribution in [-0.4, -0.2) is 22.8 Å². The molecule has 0 saturated carbocycles. The van der Waals surface area contributed by atoms with Gasteiger partial charge in [-0.15, -0.1) is 0 Å². The molecule has 1 heterocycles. The monoisotopic (exact) mass is 397 g/mol. The zero-order valence-corrected chi connectivity index (χ0v) is 17.0. The Bertz CT molecular complexity index is 1030. The van der Waals surface area contributed by atoms with E-state index in [9.17, 15) is 8.78 Å². The number of hydrogen-bond acceptors (Lipinski definition) is 2. The highest BCUT2D eigenvalue weighted by atomic mass is 19.1. The van der Waals surface area contributed by atoms with E-state index in [0.29, 0.717) is 18.1 Å². The molecule has 152 valence electrons. The summed E-state index contributed by atoms with van der Waals surface area (Å²) in [6.45, 7) is 6.29. The summed E-state index contributed by atoms with van der Waals surface area (Å²) in [5.41, 5.74) is 4.41. The fourth-order valence-electron chi connectivity index (χ4n) is 3.25. The molecule has 0 saturated heterocycles. The molecule has 7 heteroatoms. The molecule has 3 rings (SSSR count). The van der Waals surface area contributed by atoms with Crippen LogP contribution in [-0.2, 0) is 6.54 Å². The summed E-state index contributed by atoms with van der Waals surface area (Å²) >= 11 is 0. The van der Waals surface area contributed by atoms with Gasteiger partial charge in [0.15, 0.2) is 5.96 Å². The highest BCUT2D eigenvalue weighted by Gasteiger charge is 2.14. The maximum absolute atomic E-state index is 14.0. The van der Waals surface area contributed by atoms with Gasteiger partial charge >= 0.3 is 0 Å². The first-order valence-corrected chi connectivity index (χ1v) is 9.42. The van der Waals surface area contributed by atoms with Crippen molar-refractivity contribution in [3.05, 3.63) is 82.7 Å². The number of hydrogen-bond donors (Lipinski definition) is 2. The summed E-state index contributed by atoms with van der Waals surface area (Å²) < 4.78 is 29.1. The summed E-state index contributed by atoms with van der Waals surface area (Å²) in [4.78, 5) is 4.22. The first kappa shape index (κ1) is 20.5. The number of nitrogens with zero attached hydrogens (tertiary/aromatic N) is 3. The van der Waals surface area contributed by atoms with E-state index < -0.39 is 11.6 Å². The molecule has 2 aromatic carbocycles. The topological polar surface area (TPSA) is 54.2 Å². The molecule has 0 aliphatic carbocycles. The quantitative estimate of drug-likeness (QED) is 0.501. The standard InChI is InChI=1S/C22H25F2N5/c1-14-11-15(2)29(28-14)21-8-6-5-7-17(21)13-26-22(25-4)27-16(3)19-10-9-18(23)12-20(19)24/h5-12,16H,13H2,1-4H3,(H2,25,26,27). The average Bonchev–Trinajstić information content (AvgIpc) is 3.03. The molecule has 0 spiro atoms. The number of aliphatic imine (C=N–C) groups is 1. The van der Waals surface area contributed by atoms with E-state index in [1.807, 2.05) is 48.9 Å². The second-order valence-corrected chi connectivity index (χ2v) is 6.93. The molecule has 1 aromatic heterocycles. The van der Waals surface area contributed by atoms with Crippen LogP contribution in [0.15, 0.2) is 53.5 Å². The summed E-state index contributed by atoms with van der Waals surface area (Å²) in [5, 5.41) is 11.0. The van der Waals surface area contributed by atoms with Crippen LogP contribution in [0.25, 0.3) is 5.69 Å². The van der Waals surface area contributed by atoms with E-state index in [1.165, 1.54) is 12.1 Å². The largest absolute Gasteiger partial charge is 0.352 e. The molecule has 29 heavy (non-hydrogen) atoms. The lowest BCUT2D eigenvalue weighted by Crippen LogP contribution is -2.38. The molecule has 5 nitrogen and oxygen atoms in total. The van der Waals surface area contributed by atoms with Crippen LogP contribution in [0.3, 0.4) is 0 Å². The Balaban J connectivity index is 1.73. The number of benzene rings is 2.